The Kier molecular flexibility index (Phi) is 3.91. The molecule has 0 amide bonds. The molecule has 1 unspecified atom stereocenters. The average Bonchev–Trinajstić information content (AvgIpc) is 2.77. The van der Waals surface area contributed by atoms with Gasteiger partial charge in [0.25, 0.3) is 0 Å². The summed E-state index contributed by atoms with van der Waals surface area (Å²) in [7, 11) is 0. The van der Waals surface area contributed by atoms with E-state index in [1.807, 2.05) is 12.1 Å². The van der Waals surface area contributed by atoms with Gasteiger partial charge in [0.15, 0.2) is 0 Å². The van der Waals surface area contributed by atoms with Crippen LogP contribution >= 0.6 is 11.6 Å². The number of pyridine rings is 1. The van der Waals surface area contributed by atoms with E-state index in [9.17, 15) is 0 Å². The Morgan fingerprint density at radius 1 is 1.26 bits per heavy atom. The molecule has 0 radical (unpaired) electrons. The van der Waals surface area contributed by atoms with Crippen molar-refractivity contribution in [2.75, 3.05) is 31.1 Å². The molecular weight excluding hydrogens is 260 g/mol. The molecule has 2 aliphatic rings. The predicted molar refractivity (Wildman–Crippen MR) is 78.6 cm³/mol. The van der Waals surface area contributed by atoms with Gasteiger partial charge in [0.05, 0.1) is 10.7 Å². The second-order valence-electron chi connectivity index (χ2n) is 5.43. The van der Waals surface area contributed by atoms with E-state index in [0.29, 0.717) is 17.6 Å². The summed E-state index contributed by atoms with van der Waals surface area (Å²) in [5, 5.41) is 0.670. The Morgan fingerprint density at radius 2 is 2.11 bits per heavy atom. The van der Waals surface area contributed by atoms with E-state index in [4.69, 9.17) is 17.3 Å². The van der Waals surface area contributed by atoms with Gasteiger partial charge in [0.2, 0.25) is 0 Å². The van der Waals surface area contributed by atoms with Crippen LogP contribution in [-0.4, -0.2) is 42.1 Å². The molecule has 2 fully saturated rings. The van der Waals surface area contributed by atoms with Crippen molar-refractivity contribution < 1.29 is 0 Å². The predicted octanol–water partition coefficient (Wildman–Crippen LogP) is 1.87. The van der Waals surface area contributed by atoms with E-state index in [-0.39, 0.29) is 0 Å². The third-order valence-electron chi connectivity index (χ3n) is 4.22. The van der Waals surface area contributed by atoms with Crippen LogP contribution in [0.2, 0.25) is 5.02 Å². The highest BCUT2D eigenvalue weighted by Gasteiger charge is 2.29. The van der Waals surface area contributed by atoms with Gasteiger partial charge in [-0.15, -0.1) is 0 Å². The lowest BCUT2D eigenvalue weighted by Gasteiger charge is -2.26. The fraction of sp³-hybridized carbons (Fsp3) is 0.643. The second kappa shape index (κ2) is 5.65. The SMILES string of the molecule is NCc1nc(N2CCCN3CCCC3C2)ccc1Cl. The van der Waals surface area contributed by atoms with Gasteiger partial charge in [-0.1, -0.05) is 11.6 Å². The highest BCUT2D eigenvalue weighted by Crippen LogP contribution is 2.25. The number of anilines is 1. The molecule has 2 aliphatic heterocycles. The Morgan fingerprint density at radius 3 is 2.95 bits per heavy atom. The molecule has 3 rings (SSSR count). The van der Waals surface area contributed by atoms with Crippen molar-refractivity contribution in [3.8, 4) is 0 Å². The molecule has 0 spiro atoms. The lowest BCUT2D eigenvalue weighted by Crippen LogP contribution is -2.37. The van der Waals surface area contributed by atoms with Gasteiger partial charge in [0, 0.05) is 32.2 Å². The van der Waals surface area contributed by atoms with Crippen LogP contribution in [0.4, 0.5) is 5.82 Å². The molecule has 19 heavy (non-hydrogen) atoms. The summed E-state index contributed by atoms with van der Waals surface area (Å²) in [6.45, 7) is 5.04. The Hall–Kier alpha value is -0.840. The Labute approximate surface area is 119 Å². The summed E-state index contributed by atoms with van der Waals surface area (Å²) in [5.74, 6) is 1.03. The zero-order chi connectivity index (χ0) is 13.2. The number of hydrogen-bond acceptors (Lipinski definition) is 4. The highest BCUT2D eigenvalue weighted by atomic mass is 35.5. The Balaban J connectivity index is 1.80. The van der Waals surface area contributed by atoms with Crippen LogP contribution < -0.4 is 10.6 Å². The zero-order valence-electron chi connectivity index (χ0n) is 11.2. The maximum absolute atomic E-state index is 6.09. The standard InChI is InChI=1S/C14H21ClN4/c15-12-4-5-14(17-13(12)9-16)19-8-2-7-18-6-1-3-11(18)10-19/h4-5,11H,1-3,6-10,16H2. The maximum atomic E-state index is 6.09. The molecule has 2 saturated heterocycles. The number of aromatic nitrogens is 1. The average molecular weight is 281 g/mol. The molecule has 0 aliphatic carbocycles. The molecule has 4 nitrogen and oxygen atoms in total. The summed E-state index contributed by atoms with van der Waals surface area (Å²) in [4.78, 5) is 9.64. The lowest BCUT2D eigenvalue weighted by molar-refractivity contribution is 0.273. The minimum atomic E-state index is 0.399. The molecular formula is C14H21ClN4. The van der Waals surface area contributed by atoms with Crippen molar-refractivity contribution in [2.45, 2.75) is 31.8 Å². The lowest BCUT2D eigenvalue weighted by atomic mass is 10.2. The van der Waals surface area contributed by atoms with Crippen LogP contribution in [0.25, 0.3) is 0 Å². The van der Waals surface area contributed by atoms with Crippen molar-refractivity contribution in [3.05, 3.63) is 22.8 Å². The first kappa shape index (κ1) is 13.2. The molecule has 1 aromatic rings. The molecule has 0 saturated carbocycles. The normalized spacial score (nSPS) is 24.3. The van der Waals surface area contributed by atoms with Crippen LogP contribution in [0.5, 0.6) is 0 Å². The third-order valence-corrected chi connectivity index (χ3v) is 4.57. The fourth-order valence-corrected chi connectivity index (χ4v) is 3.39. The minimum Gasteiger partial charge on any atom is -0.355 e. The number of nitrogens with zero attached hydrogens (tertiary/aromatic N) is 3. The first-order valence-electron chi connectivity index (χ1n) is 7.12. The van der Waals surface area contributed by atoms with Crippen molar-refractivity contribution in [3.63, 3.8) is 0 Å². The van der Waals surface area contributed by atoms with E-state index in [2.05, 4.69) is 14.8 Å². The van der Waals surface area contributed by atoms with Crippen molar-refractivity contribution >= 4 is 17.4 Å². The van der Waals surface area contributed by atoms with Gasteiger partial charge in [-0.2, -0.15) is 0 Å². The van der Waals surface area contributed by atoms with Crippen LogP contribution in [0, 0.1) is 0 Å². The van der Waals surface area contributed by atoms with Gasteiger partial charge in [-0.25, -0.2) is 4.98 Å². The summed E-state index contributed by atoms with van der Waals surface area (Å²) in [6.07, 6.45) is 3.85. The number of nitrogens with two attached hydrogens (primary N) is 1. The van der Waals surface area contributed by atoms with Crippen molar-refractivity contribution in [1.82, 2.24) is 9.88 Å². The molecule has 5 heteroatoms. The minimum absolute atomic E-state index is 0.399. The van der Waals surface area contributed by atoms with Gasteiger partial charge in [0.1, 0.15) is 5.82 Å². The topological polar surface area (TPSA) is 45.4 Å². The van der Waals surface area contributed by atoms with Gasteiger partial charge in [-0.3, -0.25) is 4.90 Å². The van der Waals surface area contributed by atoms with Gasteiger partial charge >= 0.3 is 0 Å². The number of fused-ring (bicyclic) bond motifs is 1. The van der Waals surface area contributed by atoms with Crippen LogP contribution in [0.3, 0.4) is 0 Å². The van der Waals surface area contributed by atoms with E-state index in [1.165, 1.54) is 32.4 Å². The molecule has 1 aromatic heterocycles. The molecule has 0 bridgehead atoms. The smallest absolute Gasteiger partial charge is 0.129 e. The van der Waals surface area contributed by atoms with Crippen molar-refractivity contribution in [1.29, 1.82) is 0 Å². The van der Waals surface area contributed by atoms with E-state index >= 15 is 0 Å². The molecule has 1 atom stereocenters. The first-order chi connectivity index (χ1) is 9.28. The summed E-state index contributed by atoms with van der Waals surface area (Å²) in [6, 6.07) is 4.64. The number of hydrogen-bond donors (Lipinski definition) is 1. The monoisotopic (exact) mass is 280 g/mol. The van der Waals surface area contributed by atoms with Crippen LogP contribution in [0.1, 0.15) is 25.0 Å². The summed E-state index contributed by atoms with van der Waals surface area (Å²) >= 11 is 6.09. The van der Waals surface area contributed by atoms with E-state index in [1.54, 1.807) is 0 Å². The van der Waals surface area contributed by atoms with Crippen LogP contribution in [0.15, 0.2) is 12.1 Å². The molecule has 0 aromatic carbocycles. The molecule has 3 heterocycles. The maximum Gasteiger partial charge on any atom is 0.129 e. The second-order valence-corrected chi connectivity index (χ2v) is 5.84. The van der Waals surface area contributed by atoms with Gasteiger partial charge < -0.3 is 10.6 Å². The zero-order valence-corrected chi connectivity index (χ0v) is 11.9. The summed E-state index contributed by atoms with van der Waals surface area (Å²) < 4.78 is 0. The van der Waals surface area contributed by atoms with E-state index in [0.717, 1.165) is 24.6 Å². The fourth-order valence-electron chi connectivity index (χ4n) is 3.21. The largest absolute Gasteiger partial charge is 0.355 e. The Bertz CT molecular complexity index is 451. The van der Waals surface area contributed by atoms with Crippen molar-refractivity contribution in [2.24, 2.45) is 5.73 Å². The highest BCUT2D eigenvalue weighted by molar-refractivity contribution is 6.31. The quantitative estimate of drug-likeness (QED) is 0.898. The third kappa shape index (κ3) is 2.71. The summed E-state index contributed by atoms with van der Waals surface area (Å²) in [5.41, 5.74) is 6.49. The number of halogens is 1. The van der Waals surface area contributed by atoms with Crippen LogP contribution in [-0.2, 0) is 6.54 Å². The molecule has 104 valence electrons. The van der Waals surface area contributed by atoms with Gasteiger partial charge in [-0.05, 0) is 37.9 Å². The first-order valence-corrected chi connectivity index (χ1v) is 7.50. The van der Waals surface area contributed by atoms with E-state index < -0.39 is 0 Å². The molecule has 2 N–H and O–H groups in total. The number of rotatable bonds is 2.